The second kappa shape index (κ2) is 13.4. The van der Waals surface area contributed by atoms with Crippen molar-refractivity contribution < 1.29 is 19.1 Å². The molecule has 2 heterocycles. The molecule has 3 amide bonds. The smallest absolute Gasteiger partial charge is 0.247 e. The minimum atomic E-state index is -0.810. The minimum absolute atomic E-state index is 0.284. The summed E-state index contributed by atoms with van der Waals surface area (Å²) in [5.41, 5.74) is 1.07. The minimum Gasteiger partial charge on any atom is -0.494 e. The maximum Gasteiger partial charge on any atom is 0.247 e. The number of nitrogens with one attached hydrogen (secondary N) is 4. The molecule has 4 N–H and O–H groups in total. The van der Waals surface area contributed by atoms with E-state index in [1.54, 1.807) is 37.1 Å². The van der Waals surface area contributed by atoms with Crippen molar-refractivity contribution in [2.24, 2.45) is 5.41 Å². The van der Waals surface area contributed by atoms with Crippen LogP contribution in [0.2, 0.25) is 5.02 Å². The zero-order chi connectivity index (χ0) is 31.5. The first-order chi connectivity index (χ1) is 20.3. The number of hydrogen-bond acceptors (Lipinski definition) is 8. The van der Waals surface area contributed by atoms with Crippen LogP contribution in [-0.2, 0) is 14.4 Å². The van der Waals surface area contributed by atoms with E-state index in [-0.39, 0.29) is 17.7 Å². The third kappa shape index (κ3) is 7.36. The SMILES string of the molecule is CN[C@@H](C)C(=O)N[C@H](C(=O)N1CCCC1C(=O)Nc1cc2c(Nc3ccc(Br)cc3Cl)ncnc2cc1OC)C(C)(C)C. The van der Waals surface area contributed by atoms with Gasteiger partial charge in [-0.3, -0.25) is 14.4 Å². The summed E-state index contributed by atoms with van der Waals surface area (Å²) in [6.45, 7) is 7.80. The number of aromatic nitrogens is 2. The van der Waals surface area contributed by atoms with Crippen molar-refractivity contribution in [1.82, 2.24) is 25.5 Å². The van der Waals surface area contributed by atoms with Gasteiger partial charge >= 0.3 is 0 Å². The van der Waals surface area contributed by atoms with Crippen LogP contribution in [0.25, 0.3) is 10.9 Å². The summed E-state index contributed by atoms with van der Waals surface area (Å²) in [4.78, 5) is 50.6. The molecule has 0 spiro atoms. The number of carbonyl (C=O) groups excluding carboxylic acids is 3. The molecular formula is C30H37BrClN7O4. The summed E-state index contributed by atoms with van der Waals surface area (Å²) < 4.78 is 6.43. The van der Waals surface area contributed by atoms with Crippen molar-refractivity contribution in [1.29, 1.82) is 0 Å². The Morgan fingerprint density at radius 2 is 1.88 bits per heavy atom. The van der Waals surface area contributed by atoms with Gasteiger partial charge in [0.15, 0.2) is 0 Å². The summed E-state index contributed by atoms with van der Waals surface area (Å²) >= 11 is 9.83. The van der Waals surface area contributed by atoms with Gasteiger partial charge in [-0.15, -0.1) is 0 Å². The molecule has 11 nitrogen and oxygen atoms in total. The number of rotatable bonds is 9. The number of likely N-dealkylation sites (tertiary alicyclic amines) is 1. The monoisotopic (exact) mass is 673 g/mol. The van der Waals surface area contributed by atoms with Crippen molar-refractivity contribution in [3.63, 3.8) is 0 Å². The molecule has 0 saturated carbocycles. The van der Waals surface area contributed by atoms with Crippen molar-refractivity contribution in [3.05, 3.63) is 46.2 Å². The van der Waals surface area contributed by atoms with Crippen LogP contribution in [0.15, 0.2) is 41.1 Å². The summed E-state index contributed by atoms with van der Waals surface area (Å²) in [6, 6.07) is 6.90. The van der Waals surface area contributed by atoms with Crippen LogP contribution in [0.4, 0.5) is 17.2 Å². The summed E-state index contributed by atoms with van der Waals surface area (Å²) in [5, 5.41) is 13.1. The standard InChI is InChI=1S/C30H37BrClN7O4/c1-16(33-5)27(40)38-25(30(2,3)4)29(42)39-11-7-8-23(39)28(41)37-22-13-18-21(14-24(22)43-6)34-15-35-26(18)36-20-10-9-17(31)12-19(20)32/h9-10,12-16,23,25,33H,7-8,11H2,1-6H3,(H,37,41)(H,38,40)(H,34,35,36)/t16-,23?,25+/m0/s1. The normalized spacial score (nSPS) is 16.5. The van der Waals surface area contributed by atoms with Gasteiger partial charge in [0.2, 0.25) is 17.7 Å². The van der Waals surface area contributed by atoms with Gasteiger partial charge in [-0.2, -0.15) is 0 Å². The first-order valence-corrected chi connectivity index (χ1v) is 15.1. The number of carbonyl (C=O) groups is 3. The lowest BCUT2D eigenvalue weighted by Gasteiger charge is -2.36. The topological polar surface area (TPSA) is 138 Å². The average molecular weight is 675 g/mol. The lowest BCUT2D eigenvalue weighted by atomic mass is 9.85. The molecule has 43 heavy (non-hydrogen) atoms. The molecule has 1 aromatic heterocycles. The lowest BCUT2D eigenvalue weighted by Crippen LogP contribution is -2.59. The number of fused-ring (bicyclic) bond motifs is 1. The van der Waals surface area contributed by atoms with Gasteiger partial charge in [0, 0.05) is 22.5 Å². The first kappa shape index (κ1) is 32.4. The molecule has 1 aliphatic rings. The number of ether oxygens (including phenoxy) is 1. The van der Waals surface area contributed by atoms with Gasteiger partial charge in [-0.25, -0.2) is 9.97 Å². The van der Waals surface area contributed by atoms with E-state index in [0.717, 1.165) is 4.47 Å². The number of likely N-dealkylation sites (N-methyl/N-ethyl adjacent to an activating group) is 1. The summed E-state index contributed by atoms with van der Waals surface area (Å²) in [5.74, 6) is -0.0339. The number of hydrogen-bond donors (Lipinski definition) is 4. The highest BCUT2D eigenvalue weighted by molar-refractivity contribution is 9.10. The molecule has 0 aliphatic carbocycles. The van der Waals surface area contributed by atoms with Crippen LogP contribution < -0.4 is 26.0 Å². The highest BCUT2D eigenvalue weighted by Crippen LogP contribution is 2.35. The van der Waals surface area contributed by atoms with E-state index < -0.39 is 23.5 Å². The predicted molar refractivity (Wildman–Crippen MR) is 172 cm³/mol. The van der Waals surface area contributed by atoms with Gasteiger partial charge < -0.3 is 30.9 Å². The molecule has 0 radical (unpaired) electrons. The van der Waals surface area contributed by atoms with Crippen LogP contribution in [0, 0.1) is 5.41 Å². The molecule has 2 aromatic carbocycles. The van der Waals surface area contributed by atoms with E-state index in [9.17, 15) is 14.4 Å². The van der Waals surface area contributed by atoms with E-state index in [2.05, 4.69) is 47.2 Å². The average Bonchev–Trinajstić information content (AvgIpc) is 3.46. The van der Waals surface area contributed by atoms with Crippen LogP contribution in [0.5, 0.6) is 5.75 Å². The van der Waals surface area contributed by atoms with Crippen molar-refractivity contribution in [3.8, 4) is 5.75 Å². The van der Waals surface area contributed by atoms with E-state index in [4.69, 9.17) is 16.3 Å². The van der Waals surface area contributed by atoms with Crippen molar-refractivity contribution in [2.75, 3.05) is 31.3 Å². The molecule has 1 fully saturated rings. The third-order valence-corrected chi connectivity index (χ3v) is 8.27. The van der Waals surface area contributed by atoms with Gasteiger partial charge in [0.25, 0.3) is 0 Å². The van der Waals surface area contributed by atoms with Gasteiger partial charge in [0.05, 0.1) is 35.1 Å². The number of nitrogens with zero attached hydrogens (tertiary/aromatic N) is 3. The van der Waals surface area contributed by atoms with Gasteiger partial charge in [0.1, 0.15) is 30.0 Å². The van der Waals surface area contributed by atoms with Gasteiger partial charge in [-0.1, -0.05) is 48.3 Å². The van der Waals surface area contributed by atoms with Crippen molar-refractivity contribution >= 4 is 73.3 Å². The molecule has 3 aromatic rings. The fourth-order valence-corrected chi connectivity index (χ4v) is 5.62. The largest absolute Gasteiger partial charge is 0.494 e. The Balaban J connectivity index is 1.61. The highest BCUT2D eigenvalue weighted by Gasteiger charge is 2.42. The Kier molecular flexibility index (Phi) is 10.1. The van der Waals surface area contributed by atoms with Crippen LogP contribution in [-0.4, -0.2) is 71.4 Å². The van der Waals surface area contributed by atoms with Crippen LogP contribution >= 0.6 is 27.5 Å². The predicted octanol–water partition coefficient (Wildman–Crippen LogP) is 4.87. The number of amides is 3. The molecule has 1 saturated heterocycles. The summed E-state index contributed by atoms with van der Waals surface area (Å²) in [6.07, 6.45) is 2.58. The molecular weight excluding hydrogens is 638 g/mol. The Morgan fingerprint density at radius 3 is 2.53 bits per heavy atom. The highest BCUT2D eigenvalue weighted by atomic mass is 79.9. The van der Waals surface area contributed by atoms with Crippen LogP contribution in [0.1, 0.15) is 40.5 Å². The van der Waals surface area contributed by atoms with E-state index >= 15 is 0 Å². The first-order valence-electron chi connectivity index (χ1n) is 14.0. The molecule has 0 bridgehead atoms. The van der Waals surface area contributed by atoms with Crippen LogP contribution in [0.3, 0.4) is 0 Å². The quantitative estimate of drug-likeness (QED) is 0.253. The molecule has 13 heteroatoms. The Labute approximate surface area is 264 Å². The van der Waals surface area contributed by atoms with E-state index in [1.807, 2.05) is 32.9 Å². The molecule has 1 unspecified atom stereocenters. The maximum absolute atomic E-state index is 13.8. The fraction of sp³-hybridized carbons (Fsp3) is 0.433. The Bertz CT molecular complexity index is 1530. The fourth-order valence-electron chi connectivity index (χ4n) is 4.90. The number of halogens is 2. The second-order valence-corrected chi connectivity index (χ2v) is 12.9. The number of benzene rings is 2. The zero-order valence-corrected chi connectivity index (χ0v) is 27.4. The molecule has 4 rings (SSSR count). The third-order valence-electron chi connectivity index (χ3n) is 7.46. The molecule has 3 atom stereocenters. The second-order valence-electron chi connectivity index (χ2n) is 11.5. The maximum atomic E-state index is 13.8. The van der Waals surface area contributed by atoms with E-state index in [0.29, 0.717) is 58.3 Å². The van der Waals surface area contributed by atoms with Crippen molar-refractivity contribution in [2.45, 2.75) is 58.7 Å². The van der Waals surface area contributed by atoms with E-state index in [1.165, 1.54) is 13.4 Å². The molecule has 230 valence electrons. The number of methoxy groups -OCH3 is 1. The van der Waals surface area contributed by atoms with Gasteiger partial charge in [-0.05, 0) is 56.5 Å². The summed E-state index contributed by atoms with van der Waals surface area (Å²) in [7, 11) is 3.19. The Hall–Kier alpha value is -3.48. The Morgan fingerprint density at radius 1 is 1.14 bits per heavy atom. The molecule has 1 aliphatic heterocycles. The zero-order valence-electron chi connectivity index (χ0n) is 25.0. The lowest BCUT2D eigenvalue weighted by molar-refractivity contribution is -0.143. The number of anilines is 3.